The zero-order chi connectivity index (χ0) is 10.3. The molecule has 14 heavy (non-hydrogen) atoms. The second-order valence-electron chi connectivity index (χ2n) is 3.13. The highest BCUT2D eigenvalue weighted by molar-refractivity contribution is 7.89. The number of hydrogen-bond acceptors (Lipinski definition) is 3. The maximum Gasteiger partial charge on any atom is 0.255 e. The van der Waals surface area contributed by atoms with Gasteiger partial charge in [-0.2, -0.15) is 0 Å². The van der Waals surface area contributed by atoms with E-state index >= 15 is 0 Å². The van der Waals surface area contributed by atoms with Crippen molar-refractivity contribution in [1.29, 1.82) is 0 Å². The van der Waals surface area contributed by atoms with Gasteiger partial charge in [0.05, 0.1) is 5.02 Å². The van der Waals surface area contributed by atoms with Gasteiger partial charge < -0.3 is 0 Å². The highest BCUT2D eigenvalue weighted by atomic mass is 35.5. The smallest absolute Gasteiger partial charge is 0.237 e. The van der Waals surface area contributed by atoms with Gasteiger partial charge in [-0.3, -0.25) is 0 Å². The Morgan fingerprint density at radius 3 is 2.79 bits per heavy atom. The van der Waals surface area contributed by atoms with Crippen LogP contribution in [0.2, 0.25) is 5.02 Å². The Balaban J connectivity index is 2.77. The fourth-order valence-electron chi connectivity index (χ4n) is 1.44. The zero-order valence-electron chi connectivity index (χ0n) is 7.41. The lowest BCUT2D eigenvalue weighted by Gasteiger charge is -2.24. The Bertz CT molecular complexity index is 472. The Labute approximate surface area is 87.3 Å². The summed E-state index contributed by atoms with van der Waals surface area (Å²) in [6.45, 7) is 1.86. The Kier molecular flexibility index (Phi) is 2.27. The summed E-state index contributed by atoms with van der Waals surface area (Å²) in [6.07, 6.45) is 0. The molecule has 0 radical (unpaired) electrons. The van der Waals surface area contributed by atoms with Crippen molar-refractivity contribution in [2.24, 2.45) is 0 Å². The summed E-state index contributed by atoms with van der Waals surface area (Å²) in [4.78, 5) is 2.42. The summed E-state index contributed by atoms with van der Waals surface area (Å²) in [5, 5.41) is 0.253. The molecule has 0 saturated heterocycles. The quantitative estimate of drug-likeness (QED) is 0.707. The van der Waals surface area contributed by atoms with E-state index in [9.17, 15) is 8.42 Å². The molecule has 1 heterocycles. The third kappa shape index (κ3) is 1.42. The predicted molar refractivity (Wildman–Crippen MR) is 53.3 cm³/mol. The molecule has 1 aromatic rings. The summed E-state index contributed by atoms with van der Waals surface area (Å²) in [5.41, 5.74) is 3.35. The Morgan fingerprint density at radius 2 is 2.14 bits per heavy atom. The van der Waals surface area contributed by atoms with Gasteiger partial charge >= 0.3 is 0 Å². The van der Waals surface area contributed by atoms with E-state index in [1.54, 1.807) is 18.2 Å². The molecule has 0 fully saturated rings. The van der Waals surface area contributed by atoms with E-state index in [2.05, 4.69) is 10.3 Å². The molecule has 0 aromatic heterocycles. The van der Waals surface area contributed by atoms with Crippen molar-refractivity contribution in [2.75, 3.05) is 0 Å². The minimum atomic E-state index is -3.50. The Hall–Kier alpha value is -0.620. The van der Waals surface area contributed by atoms with Crippen molar-refractivity contribution in [3.63, 3.8) is 0 Å². The SMILES string of the molecule is CC1NNS(=O)(=O)c2c(Cl)cccc21. The topological polar surface area (TPSA) is 58.2 Å². The molecule has 2 N–H and O–H groups in total. The van der Waals surface area contributed by atoms with Gasteiger partial charge in [-0.15, -0.1) is 4.83 Å². The third-order valence-electron chi connectivity index (χ3n) is 2.14. The van der Waals surface area contributed by atoms with Crippen molar-refractivity contribution in [2.45, 2.75) is 17.9 Å². The monoisotopic (exact) mass is 232 g/mol. The van der Waals surface area contributed by atoms with Crippen molar-refractivity contribution in [3.8, 4) is 0 Å². The molecule has 0 amide bonds. The number of fused-ring (bicyclic) bond motifs is 1. The first-order valence-corrected chi connectivity index (χ1v) is 5.94. The van der Waals surface area contributed by atoms with Crippen LogP contribution in [0.4, 0.5) is 0 Å². The lowest BCUT2D eigenvalue weighted by atomic mass is 10.1. The lowest BCUT2D eigenvalue weighted by molar-refractivity contribution is 0.488. The maximum atomic E-state index is 11.6. The summed E-state index contributed by atoms with van der Waals surface area (Å²) >= 11 is 5.85. The number of hydrazine groups is 1. The molecule has 2 rings (SSSR count). The van der Waals surface area contributed by atoms with Crippen molar-refractivity contribution in [3.05, 3.63) is 28.8 Å². The van der Waals surface area contributed by atoms with E-state index in [-0.39, 0.29) is 16.0 Å². The molecule has 1 unspecified atom stereocenters. The van der Waals surface area contributed by atoms with Gasteiger partial charge in [-0.05, 0) is 18.6 Å². The van der Waals surface area contributed by atoms with Gasteiger partial charge in [0, 0.05) is 6.04 Å². The molecular weight excluding hydrogens is 224 g/mol. The van der Waals surface area contributed by atoms with Gasteiger partial charge in [0.2, 0.25) is 0 Å². The maximum absolute atomic E-state index is 11.6. The first-order chi connectivity index (χ1) is 6.52. The van der Waals surface area contributed by atoms with Gasteiger partial charge in [-0.1, -0.05) is 23.7 Å². The van der Waals surface area contributed by atoms with Crippen LogP contribution in [0.5, 0.6) is 0 Å². The Morgan fingerprint density at radius 1 is 1.43 bits per heavy atom. The second kappa shape index (κ2) is 3.20. The molecule has 0 aliphatic carbocycles. The normalized spacial score (nSPS) is 24.3. The molecule has 1 aliphatic rings. The summed E-state index contributed by atoms with van der Waals surface area (Å²) in [6, 6.07) is 4.97. The zero-order valence-corrected chi connectivity index (χ0v) is 8.98. The number of rotatable bonds is 0. The van der Waals surface area contributed by atoms with Crippen molar-refractivity contribution < 1.29 is 8.42 Å². The van der Waals surface area contributed by atoms with Crippen LogP contribution in [-0.2, 0) is 10.0 Å². The van der Waals surface area contributed by atoms with Crippen LogP contribution < -0.4 is 10.3 Å². The van der Waals surface area contributed by atoms with Gasteiger partial charge in [-0.25, -0.2) is 13.8 Å². The highest BCUT2D eigenvalue weighted by Gasteiger charge is 2.29. The van der Waals surface area contributed by atoms with E-state index in [0.29, 0.717) is 5.56 Å². The van der Waals surface area contributed by atoms with Crippen LogP contribution in [0.25, 0.3) is 0 Å². The molecule has 76 valence electrons. The minimum absolute atomic E-state index is 0.0766. The van der Waals surface area contributed by atoms with E-state index in [0.717, 1.165) is 0 Å². The largest absolute Gasteiger partial charge is 0.255 e. The molecule has 6 heteroatoms. The lowest BCUT2D eigenvalue weighted by Crippen LogP contribution is -2.44. The average Bonchev–Trinajstić information content (AvgIpc) is 2.12. The summed E-state index contributed by atoms with van der Waals surface area (Å²) in [7, 11) is -3.50. The van der Waals surface area contributed by atoms with Crippen LogP contribution in [-0.4, -0.2) is 8.42 Å². The first kappa shape index (κ1) is 9.92. The average molecular weight is 233 g/mol. The fourth-order valence-corrected chi connectivity index (χ4v) is 3.25. The molecule has 0 bridgehead atoms. The first-order valence-electron chi connectivity index (χ1n) is 4.08. The number of nitrogens with one attached hydrogen (secondary N) is 2. The summed E-state index contributed by atoms with van der Waals surface area (Å²) < 4.78 is 23.2. The highest BCUT2D eigenvalue weighted by Crippen LogP contribution is 2.31. The number of benzene rings is 1. The molecule has 1 atom stereocenters. The molecule has 1 aromatic carbocycles. The number of halogens is 1. The van der Waals surface area contributed by atoms with Crippen molar-refractivity contribution >= 4 is 21.6 Å². The van der Waals surface area contributed by atoms with Crippen LogP contribution >= 0.6 is 11.6 Å². The van der Waals surface area contributed by atoms with Gasteiger partial charge in [0.1, 0.15) is 4.90 Å². The second-order valence-corrected chi connectivity index (χ2v) is 5.16. The summed E-state index contributed by atoms with van der Waals surface area (Å²) in [5.74, 6) is 0. The molecule has 0 spiro atoms. The van der Waals surface area contributed by atoms with Crippen LogP contribution in [0.15, 0.2) is 23.1 Å². The number of hydrogen-bond donors (Lipinski definition) is 2. The molecule has 0 saturated carbocycles. The van der Waals surface area contributed by atoms with E-state index in [1.165, 1.54) is 0 Å². The standard InChI is InChI=1S/C8H9ClN2O2S/c1-5-6-3-2-4-7(9)8(6)14(12,13)11-10-5/h2-5,10-11H,1H3. The number of sulfonamides is 1. The molecule has 1 aliphatic heterocycles. The fraction of sp³-hybridized carbons (Fsp3) is 0.250. The van der Waals surface area contributed by atoms with E-state index in [4.69, 9.17) is 11.6 Å². The third-order valence-corrected chi connectivity index (χ3v) is 3.95. The van der Waals surface area contributed by atoms with Crippen LogP contribution in [0, 0.1) is 0 Å². The van der Waals surface area contributed by atoms with Crippen LogP contribution in [0.1, 0.15) is 18.5 Å². The predicted octanol–water partition coefficient (Wildman–Crippen LogP) is 1.20. The van der Waals surface area contributed by atoms with Crippen LogP contribution in [0.3, 0.4) is 0 Å². The molecule has 4 nitrogen and oxygen atoms in total. The van der Waals surface area contributed by atoms with Crippen molar-refractivity contribution in [1.82, 2.24) is 10.3 Å². The van der Waals surface area contributed by atoms with E-state index < -0.39 is 10.0 Å². The van der Waals surface area contributed by atoms with Gasteiger partial charge in [0.25, 0.3) is 10.0 Å². The van der Waals surface area contributed by atoms with Gasteiger partial charge in [0.15, 0.2) is 0 Å². The molecular formula is C8H9ClN2O2S. The van der Waals surface area contributed by atoms with E-state index in [1.807, 2.05) is 6.92 Å². The minimum Gasteiger partial charge on any atom is -0.237 e.